The van der Waals surface area contributed by atoms with Gasteiger partial charge >= 0.3 is 0 Å². The van der Waals surface area contributed by atoms with Crippen molar-refractivity contribution in [1.29, 1.82) is 0 Å². The molecular formula is C16H22F2N2. The van der Waals surface area contributed by atoms with Gasteiger partial charge in [-0.1, -0.05) is 0 Å². The smallest absolute Gasteiger partial charge is 0.126 e. The molecule has 0 amide bonds. The molecule has 1 aliphatic carbocycles. The van der Waals surface area contributed by atoms with Crippen molar-refractivity contribution in [2.45, 2.75) is 31.7 Å². The van der Waals surface area contributed by atoms with E-state index in [1.54, 1.807) is 0 Å². The van der Waals surface area contributed by atoms with Crippen molar-refractivity contribution in [2.75, 3.05) is 26.2 Å². The third-order valence-electron chi connectivity index (χ3n) is 4.63. The molecule has 0 radical (unpaired) electrons. The molecule has 2 aliphatic rings. The summed E-state index contributed by atoms with van der Waals surface area (Å²) in [6.45, 7) is 6.23. The van der Waals surface area contributed by atoms with Gasteiger partial charge in [0.25, 0.3) is 0 Å². The van der Waals surface area contributed by atoms with Gasteiger partial charge in [-0.3, -0.25) is 4.90 Å². The Bertz CT molecular complexity index is 467. The highest BCUT2D eigenvalue weighted by molar-refractivity contribution is 5.18. The highest BCUT2D eigenvalue weighted by Gasteiger charge is 2.43. The van der Waals surface area contributed by atoms with Crippen LogP contribution in [0.5, 0.6) is 0 Å². The Morgan fingerprint density at radius 1 is 1.25 bits per heavy atom. The molecule has 0 spiro atoms. The van der Waals surface area contributed by atoms with Crippen LogP contribution >= 0.6 is 0 Å². The second kappa shape index (κ2) is 5.41. The van der Waals surface area contributed by atoms with E-state index in [0.29, 0.717) is 6.42 Å². The van der Waals surface area contributed by atoms with Crippen LogP contribution in [0.15, 0.2) is 18.2 Å². The Labute approximate surface area is 119 Å². The molecule has 0 aromatic heterocycles. The molecule has 3 rings (SSSR count). The average Bonchev–Trinajstić information content (AvgIpc) is 3.20. The van der Waals surface area contributed by atoms with E-state index in [1.165, 1.54) is 25.0 Å². The fraction of sp³-hybridized carbons (Fsp3) is 0.625. The maximum atomic E-state index is 13.2. The lowest BCUT2D eigenvalue weighted by Crippen LogP contribution is -2.60. The second-order valence-corrected chi connectivity index (χ2v) is 6.42. The van der Waals surface area contributed by atoms with Crippen LogP contribution in [0.1, 0.15) is 25.3 Å². The summed E-state index contributed by atoms with van der Waals surface area (Å²) < 4.78 is 26.3. The lowest BCUT2D eigenvalue weighted by Gasteiger charge is -2.42. The van der Waals surface area contributed by atoms with Gasteiger partial charge < -0.3 is 5.32 Å². The van der Waals surface area contributed by atoms with E-state index in [-0.39, 0.29) is 5.54 Å². The molecule has 1 saturated carbocycles. The van der Waals surface area contributed by atoms with E-state index in [9.17, 15) is 8.78 Å². The average molecular weight is 280 g/mol. The molecule has 2 fully saturated rings. The molecule has 2 nitrogen and oxygen atoms in total. The van der Waals surface area contributed by atoms with E-state index in [1.807, 2.05) is 0 Å². The van der Waals surface area contributed by atoms with Gasteiger partial charge in [-0.2, -0.15) is 0 Å². The maximum Gasteiger partial charge on any atom is 0.126 e. The summed E-state index contributed by atoms with van der Waals surface area (Å²) in [5, 5.41) is 3.64. The van der Waals surface area contributed by atoms with Gasteiger partial charge in [0.05, 0.1) is 0 Å². The van der Waals surface area contributed by atoms with Crippen molar-refractivity contribution in [1.82, 2.24) is 10.2 Å². The third kappa shape index (κ3) is 3.18. The molecular weight excluding hydrogens is 258 g/mol. The van der Waals surface area contributed by atoms with E-state index < -0.39 is 11.6 Å². The quantitative estimate of drug-likeness (QED) is 0.912. The molecule has 1 aliphatic heterocycles. The van der Waals surface area contributed by atoms with Crippen molar-refractivity contribution in [3.05, 3.63) is 35.4 Å². The lowest BCUT2D eigenvalue weighted by atomic mass is 9.92. The van der Waals surface area contributed by atoms with Crippen molar-refractivity contribution in [2.24, 2.45) is 5.92 Å². The molecule has 1 unspecified atom stereocenters. The maximum absolute atomic E-state index is 13.2. The molecule has 4 heteroatoms. The van der Waals surface area contributed by atoms with Crippen LogP contribution in [-0.4, -0.2) is 36.6 Å². The molecule has 1 saturated heterocycles. The first-order valence-corrected chi connectivity index (χ1v) is 7.47. The molecule has 1 aromatic carbocycles. The lowest BCUT2D eigenvalue weighted by molar-refractivity contribution is 0.128. The van der Waals surface area contributed by atoms with E-state index in [0.717, 1.165) is 43.7 Å². The van der Waals surface area contributed by atoms with Crippen molar-refractivity contribution < 1.29 is 8.78 Å². The first-order chi connectivity index (χ1) is 9.55. The van der Waals surface area contributed by atoms with Gasteiger partial charge in [0.2, 0.25) is 0 Å². The highest BCUT2D eigenvalue weighted by Crippen LogP contribution is 2.40. The minimum Gasteiger partial charge on any atom is -0.309 e. The predicted octanol–water partition coefficient (Wildman–Crippen LogP) is 2.58. The van der Waals surface area contributed by atoms with Gasteiger partial charge in [0.1, 0.15) is 11.6 Å². The van der Waals surface area contributed by atoms with Crippen molar-refractivity contribution >= 4 is 0 Å². The summed E-state index contributed by atoms with van der Waals surface area (Å²) in [5.41, 5.74) is 0.972. The molecule has 1 aromatic rings. The molecule has 0 bridgehead atoms. The summed E-state index contributed by atoms with van der Waals surface area (Å²) in [6.07, 6.45) is 3.36. The zero-order chi connectivity index (χ0) is 14.2. The van der Waals surface area contributed by atoms with Crippen LogP contribution in [0.4, 0.5) is 8.78 Å². The number of nitrogens with one attached hydrogen (secondary N) is 1. The zero-order valence-corrected chi connectivity index (χ0v) is 12.0. The molecule has 1 atom stereocenters. The minimum atomic E-state index is -0.483. The van der Waals surface area contributed by atoms with Crippen LogP contribution in [-0.2, 0) is 6.42 Å². The van der Waals surface area contributed by atoms with Crippen molar-refractivity contribution in [3.63, 3.8) is 0 Å². The van der Waals surface area contributed by atoms with Crippen molar-refractivity contribution in [3.8, 4) is 0 Å². The first kappa shape index (κ1) is 14.0. The van der Waals surface area contributed by atoms with Crippen LogP contribution < -0.4 is 5.32 Å². The van der Waals surface area contributed by atoms with Gasteiger partial charge in [-0.25, -0.2) is 8.78 Å². The molecule has 20 heavy (non-hydrogen) atoms. The Balaban J connectivity index is 1.57. The van der Waals surface area contributed by atoms with Gasteiger partial charge in [0.15, 0.2) is 0 Å². The standard InChI is InChI=1S/C16H22F2N2/c1-16(13-2-3-13)11-20(7-5-19-16)6-4-12-8-14(17)10-15(18)9-12/h8-10,13,19H,2-7,11H2,1H3. The fourth-order valence-electron chi connectivity index (χ4n) is 3.33. The predicted molar refractivity (Wildman–Crippen MR) is 75.6 cm³/mol. The number of halogens is 2. The molecule has 1 N–H and O–H groups in total. The largest absolute Gasteiger partial charge is 0.309 e. The number of hydrogen-bond donors (Lipinski definition) is 1. The summed E-state index contributed by atoms with van der Waals surface area (Å²) in [7, 11) is 0. The Morgan fingerprint density at radius 3 is 2.60 bits per heavy atom. The summed E-state index contributed by atoms with van der Waals surface area (Å²) in [5.74, 6) is -0.164. The van der Waals surface area contributed by atoms with E-state index in [4.69, 9.17) is 0 Å². The first-order valence-electron chi connectivity index (χ1n) is 7.47. The second-order valence-electron chi connectivity index (χ2n) is 6.42. The number of benzene rings is 1. The molecule has 110 valence electrons. The van der Waals surface area contributed by atoms with Crippen LogP contribution in [0.2, 0.25) is 0 Å². The Morgan fingerprint density at radius 2 is 1.95 bits per heavy atom. The number of piperazine rings is 1. The SMILES string of the molecule is CC1(C2CC2)CN(CCc2cc(F)cc(F)c2)CCN1. The fourth-order valence-corrected chi connectivity index (χ4v) is 3.33. The third-order valence-corrected chi connectivity index (χ3v) is 4.63. The van der Waals surface area contributed by atoms with Crippen LogP contribution in [0, 0.1) is 17.6 Å². The minimum absolute atomic E-state index is 0.228. The molecule has 1 heterocycles. The van der Waals surface area contributed by atoms with E-state index in [2.05, 4.69) is 17.1 Å². The number of nitrogens with zero attached hydrogens (tertiary/aromatic N) is 1. The normalized spacial score (nSPS) is 27.8. The van der Waals surface area contributed by atoms with Gasteiger partial charge in [-0.15, -0.1) is 0 Å². The number of hydrogen-bond acceptors (Lipinski definition) is 2. The van der Waals surface area contributed by atoms with Gasteiger partial charge in [-0.05, 0) is 49.8 Å². The number of rotatable bonds is 4. The highest BCUT2D eigenvalue weighted by atomic mass is 19.1. The summed E-state index contributed by atoms with van der Waals surface area (Å²) in [4.78, 5) is 2.41. The van der Waals surface area contributed by atoms with E-state index >= 15 is 0 Å². The Kier molecular flexibility index (Phi) is 3.78. The van der Waals surface area contributed by atoms with Crippen LogP contribution in [0.25, 0.3) is 0 Å². The zero-order valence-electron chi connectivity index (χ0n) is 12.0. The summed E-state index contributed by atoms with van der Waals surface area (Å²) >= 11 is 0. The van der Waals surface area contributed by atoms with Crippen LogP contribution in [0.3, 0.4) is 0 Å². The summed E-state index contributed by atoms with van der Waals surface area (Å²) in [6, 6.07) is 3.80. The van der Waals surface area contributed by atoms with Gasteiger partial charge in [0, 0.05) is 37.8 Å². The topological polar surface area (TPSA) is 15.3 Å². The monoisotopic (exact) mass is 280 g/mol. The Hall–Kier alpha value is -1.00.